The molecule has 482 valence electrons. The van der Waals surface area contributed by atoms with Crippen molar-refractivity contribution in [2.75, 3.05) is 123 Å². The zero-order valence-corrected chi connectivity index (χ0v) is 53.2. The third-order valence-electron chi connectivity index (χ3n) is 15.4. The summed E-state index contributed by atoms with van der Waals surface area (Å²) in [5.74, 6) is -2.51. The maximum atomic E-state index is 11.7. The molecule has 22 nitrogen and oxygen atoms in total. The number of nitrogens with zero attached hydrogens (tertiary/aromatic N) is 1. The van der Waals surface area contributed by atoms with Crippen LogP contribution in [0.2, 0.25) is 6.04 Å². The van der Waals surface area contributed by atoms with Crippen LogP contribution in [0.5, 0.6) is 0 Å². The molecule has 0 fully saturated rings. The van der Waals surface area contributed by atoms with Crippen LogP contribution in [0.25, 0.3) is 0 Å². The quantitative estimate of drug-likeness (QED) is 0.0164. The van der Waals surface area contributed by atoms with Gasteiger partial charge in [-0.3, -0.25) is 9.11 Å². The highest BCUT2D eigenvalue weighted by Gasteiger charge is 2.48. The van der Waals surface area contributed by atoms with Gasteiger partial charge in [-0.25, -0.2) is 8.42 Å². The maximum absolute atomic E-state index is 11.7. The molecule has 26 heteroatoms. The van der Waals surface area contributed by atoms with Crippen LogP contribution < -0.4 is 16.0 Å². The van der Waals surface area contributed by atoms with Crippen LogP contribution in [0.15, 0.2) is 0 Å². The number of hydrogen-bond donors (Lipinski definition) is 11. The topological polar surface area (TPSA) is 351 Å². The molecule has 0 radical (unpaired) electrons. The number of unbranched alkanes of at least 4 members (excludes halogenated alkanes) is 26. The summed E-state index contributed by atoms with van der Waals surface area (Å²) in [4.78, 5) is 0. The van der Waals surface area contributed by atoms with Crippen molar-refractivity contribution < 1.29 is 87.3 Å². The van der Waals surface area contributed by atoms with Crippen molar-refractivity contribution in [3.05, 3.63) is 0 Å². The fraction of sp³-hybridized carbons (Fsp3) is 1.00. The van der Waals surface area contributed by atoms with E-state index in [2.05, 4.69) is 36.8 Å². The minimum atomic E-state index is -4.74. The van der Waals surface area contributed by atoms with Crippen LogP contribution >= 0.6 is 0 Å². The van der Waals surface area contributed by atoms with Crippen LogP contribution in [0.3, 0.4) is 0 Å². The molecule has 0 aromatic rings. The molecule has 0 rings (SSSR count). The van der Waals surface area contributed by atoms with Crippen molar-refractivity contribution in [3.63, 3.8) is 0 Å². The van der Waals surface area contributed by atoms with E-state index >= 15 is 0 Å². The van der Waals surface area contributed by atoms with Gasteiger partial charge >= 0.3 is 8.80 Å². The highest BCUT2D eigenvalue weighted by molar-refractivity contribution is 7.86. The van der Waals surface area contributed by atoms with Crippen LogP contribution in [-0.2, 0) is 43.6 Å². The monoisotopic (exact) mass is 1230 g/mol. The van der Waals surface area contributed by atoms with E-state index in [1.54, 1.807) is 0 Å². The Labute approximate surface area is 485 Å². The average Bonchev–Trinajstić information content (AvgIpc) is 3.40. The Morgan fingerprint density at radius 3 is 0.875 bits per heavy atom. The van der Waals surface area contributed by atoms with Crippen molar-refractivity contribution in [1.29, 1.82) is 0 Å². The van der Waals surface area contributed by atoms with Crippen LogP contribution in [0.1, 0.15) is 200 Å². The Morgan fingerprint density at radius 1 is 0.400 bits per heavy atom. The summed E-state index contributed by atoms with van der Waals surface area (Å²) in [6.45, 7) is -1.66. The molecular formula is C54H116N4O18S3Si. The van der Waals surface area contributed by atoms with Gasteiger partial charge in [-0.15, -0.1) is 0 Å². The Balaban J connectivity index is 6.85. The Morgan fingerprint density at radius 2 is 0.637 bits per heavy atom. The van der Waals surface area contributed by atoms with Gasteiger partial charge in [0.1, 0.15) is 0 Å². The van der Waals surface area contributed by atoms with E-state index in [0.717, 1.165) is 51.6 Å². The van der Waals surface area contributed by atoms with E-state index in [4.69, 9.17) is 13.3 Å². The molecule has 0 saturated heterocycles. The third-order valence-corrected chi connectivity index (χ3v) is 20.2. The van der Waals surface area contributed by atoms with Crippen molar-refractivity contribution in [2.24, 2.45) is 0 Å². The Hall–Kier alpha value is -0.573. The average molecular weight is 1230 g/mol. The summed E-state index contributed by atoms with van der Waals surface area (Å²) >= 11 is 0. The van der Waals surface area contributed by atoms with Gasteiger partial charge in [0.25, 0.3) is 20.2 Å². The molecule has 0 aromatic carbocycles. The number of nitrogens with one attached hydrogen (secondary N) is 3. The normalized spacial score (nSPS) is 13.5. The van der Waals surface area contributed by atoms with Gasteiger partial charge in [0.2, 0.25) is 0 Å². The fourth-order valence-corrected chi connectivity index (χ4v) is 13.6. The lowest BCUT2D eigenvalue weighted by Gasteiger charge is -2.41. The minimum Gasteiger partial charge on any atom is -0.748 e. The zero-order valence-electron chi connectivity index (χ0n) is 49.8. The van der Waals surface area contributed by atoms with E-state index in [1.165, 1.54) is 141 Å². The lowest BCUT2D eigenvalue weighted by Crippen LogP contribution is -2.64. The smallest absolute Gasteiger partial charge is 0.501 e. The van der Waals surface area contributed by atoms with Crippen molar-refractivity contribution in [1.82, 2.24) is 16.0 Å². The van der Waals surface area contributed by atoms with E-state index in [-0.39, 0.29) is 6.04 Å². The third kappa shape index (κ3) is 41.5. The first-order valence-electron chi connectivity index (χ1n) is 30.4. The van der Waals surface area contributed by atoms with Gasteiger partial charge in [-0.05, 0) is 25.7 Å². The molecule has 0 unspecified atom stereocenters. The highest BCUT2D eigenvalue weighted by atomic mass is 32.2. The Kier molecular flexibility index (Phi) is 45.4. The summed E-state index contributed by atoms with van der Waals surface area (Å²) in [5, 5.41) is 72.0. The molecular weight excluding hydrogens is 1120 g/mol. The molecule has 0 saturated carbocycles. The second kappa shape index (κ2) is 45.7. The van der Waals surface area contributed by atoms with Crippen molar-refractivity contribution >= 4 is 39.2 Å². The predicted molar refractivity (Wildman–Crippen MR) is 317 cm³/mol. The van der Waals surface area contributed by atoms with Crippen LogP contribution in [0.4, 0.5) is 0 Å². The van der Waals surface area contributed by atoms with Crippen molar-refractivity contribution in [3.8, 4) is 0 Å². The first-order chi connectivity index (χ1) is 37.9. The maximum Gasteiger partial charge on any atom is 0.501 e. The standard InChI is InChI=1S/C54H116N4O18S3Si/c1-4-6-8-10-12-14-16-18-20-22-24-26-28-30-36-58(3,37-31-29-27-25-23-21-19-17-15-13-11-9-7-5-2)38-32-42-80(74-49-52(43-59,44-60)55-33-39-77(65,66)67,75-50-53(45-61,46-62)56-34-40-78(68,69)70)76-51-54(47-63,48-64)57-35-41-79(71,72)73/h55-57,59-64H,4-51H2,1-3H3,(H2-,65,66,67,68,69,70,71,72,73). The molecule has 0 aliphatic carbocycles. The van der Waals surface area contributed by atoms with Gasteiger partial charge in [0.05, 0.1) is 130 Å². The Bertz CT molecular complexity index is 1640. The molecule has 0 spiro atoms. The van der Waals surface area contributed by atoms with E-state index in [9.17, 15) is 69.6 Å². The largest absolute Gasteiger partial charge is 0.748 e. The molecule has 0 heterocycles. The molecule has 0 aliphatic rings. The number of quaternary nitrogens is 1. The zero-order chi connectivity index (χ0) is 60.2. The summed E-state index contributed by atoms with van der Waals surface area (Å²) in [6.07, 6.45) is 34.8. The first kappa shape index (κ1) is 79.4. The van der Waals surface area contributed by atoms with E-state index in [1.807, 2.05) is 0 Å². The molecule has 0 aliphatic heterocycles. The summed E-state index contributed by atoms with van der Waals surface area (Å²) in [6, 6.07) is -0.0455. The first-order valence-corrected chi connectivity index (χ1v) is 37.2. The van der Waals surface area contributed by atoms with E-state index in [0.29, 0.717) is 17.4 Å². The summed E-state index contributed by atoms with van der Waals surface area (Å²) in [7, 11) is -16.0. The van der Waals surface area contributed by atoms with E-state index < -0.39 is 152 Å². The molecule has 11 N–H and O–H groups in total. The lowest BCUT2D eigenvalue weighted by molar-refractivity contribution is -0.910. The molecule has 0 aromatic heterocycles. The SMILES string of the molecule is CCCCCCCCCCCCCCCC[N+](C)(CCCCCCCCCCCCCCCC)CCC[Si](OCC(CO)(CO)NCCS(=O)(=O)[O-])(OCC(CO)(CO)NCCS(=O)(=O)O)OCC(CO)(CO)NCCS(=O)(=O)O. The number of aliphatic hydroxyl groups is 6. The van der Waals surface area contributed by atoms with Gasteiger partial charge in [0.15, 0.2) is 0 Å². The molecule has 0 amide bonds. The summed E-state index contributed by atoms with van der Waals surface area (Å²) in [5.41, 5.74) is -5.42. The van der Waals surface area contributed by atoms with Crippen LogP contribution in [0, 0.1) is 0 Å². The second-order valence-corrected chi connectivity index (χ2v) is 30.4. The van der Waals surface area contributed by atoms with Gasteiger partial charge in [-0.1, -0.05) is 168 Å². The number of aliphatic hydroxyl groups excluding tert-OH is 6. The fourth-order valence-electron chi connectivity index (χ4n) is 9.72. The van der Waals surface area contributed by atoms with Gasteiger partial charge in [0, 0.05) is 32.1 Å². The minimum absolute atomic E-state index is 0.0455. The van der Waals surface area contributed by atoms with Gasteiger partial charge in [-0.2, -0.15) is 16.8 Å². The summed E-state index contributed by atoms with van der Waals surface area (Å²) < 4.78 is 121. The van der Waals surface area contributed by atoms with Gasteiger partial charge < -0.3 is 68.9 Å². The second-order valence-electron chi connectivity index (χ2n) is 23.0. The molecule has 0 bridgehead atoms. The number of hydrogen-bond acceptors (Lipinski definition) is 19. The van der Waals surface area contributed by atoms with Crippen molar-refractivity contribution in [2.45, 2.75) is 223 Å². The lowest BCUT2D eigenvalue weighted by atomic mass is 10.0. The molecule has 80 heavy (non-hydrogen) atoms. The molecule has 0 atom stereocenters. The predicted octanol–water partition coefficient (Wildman–Crippen LogP) is 5.03. The van der Waals surface area contributed by atoms with Crippen LogP contribution in [-0.4, -0.2) is 222 Å². The number of rotatable bonds is 61. The highest BCUT2D eigenvalue weighted by Crippen LogP contribution is 2.27.